The lowest BCUT2D eigenvalue weighted by atomic mass is 10.1. The molecule has 0 aliphatic carbocycles. The van der Waals surface area contributed by atoms with E-state index in [2.05, 4.69) is 38.7 Å². The standard InChI is InChI=1S/C16H30N6O.HI/c1-4-17-16(18-8-13(2)12-23)20-14-6-5-7-22(10-14)15-9-19-21(3)11-15;/h9,11,13-14,23H,4-8,10,12H2,1-3H3,(H2,17,18,20);1H. The van der Waals surface area contributed by atoms with E-state index in [4.69, 9.17) is 5.11 Å². The number of aromatic nitrogens is 2. The van der Waals surface area contributed by atoms with Gasteiger partial charge < -0.3 is 20.6 Å². The van der Waals surface area contributed by atoms with Crippen molar-refractivity contribution >= 4 is 35.6 Å². The average molecular weight is 450 g/mol. The molecule has 24 heavy (non-hydrogen) atoms. The Morgan fingerprint density at radius 1 is 1.54 bits per heavy atom. The summed E-state index contributed by atoms with van der Waals surface area (Å²) in [4.78, 5) is 6.95. The number of aliphatic hydroxyl groups excluding tert-OH is 1. The molecule has 2 rings (SSSR count). The topological polar surface area (TPSA) is 77.7 Å². The van der Waals surface area contributed by atoms with E-state index in [0.29, 0.717) is 12.6 Å². The molecule has 2 unspecified atom stereocenters. The van der Waals surface area contributed by atoms with Gasteiger partial charge in [0.1, 0.15) is 0 Å². The van der Waals surface area contributed by atoms with Crippen molar-refractivity contribution in [1.82, 2.24) is 20.4 Å². The largest absolute Gasteiger partial charge is 0.396 e. The maximum Gasteiger partial charge on any atom is 0.191 e. The third-order valence-corrected chi connectivity index (χ3v) is 4.04. The van der Waals surface area contributed by atoms with E-state index >= 15 is 0 Å². The fourth-order valence-corrected chi connectivity index (χ4v) is 2.72. The summed E-state index contributed by atoms with van der Waals surface area (Å²) in [6, 6.07) is 0.367. The van der Waals surface area contributed by atoms with Gasteiger partial charge in [0.25, 0.3) is 0 Å². The van der Waals surface area contributed by atoms with E-state index in [1.807, 2.05) is 24.9 Å². The number of aryl methyl sites for hydroxylation is 1. The third-order valence-electron chi connectivity index (χ3n) is 4.04. The zero-order valence-electron chi connectivity index (χ0n) is 14.9. The van der Waals surface area contributed by atoms with Crippen LogP contribution in [0.1, 0.15) is 26.7 Å². The summed E-state index contributed by atoms with van der Waals surface area (Å²) in [7, 11) is 1.95. The SMILES string of the molecule is CCNC(=NCC(C)CO)NC1CCCN(c2cnn(C)c2)C1.I. The quantitative estimate of drug-likeness (QED) is 0.345. The first-order valence-electron chi connectivity index (χ1n) is 8.51. The van der Waals surface area contributed by atoms with Crippen LogP contribution in [-0.2, 0) is 7.05 Å². The highest BCUT2D eigenvalue weighted by Gasteiger charge is 2.21. The zero-order chi connectivity index (χ0) is 16.7. The number of hydrogen-bond donors (Lipinski definition) is 3. The molecule has 2 atom stereocenters. The van der Waals surface area contributed by atoms with Crippen LogP contribution >= 0.6 is 24.0 Å². The summed E-state index contributed by atoms with van der Waals surface area (Å²) in [6.45, 7) is 7.71. The number of nitrogens with one attached hydrogen (secondary N) is 2. The average Bonchev–Trinajstić information content (AvgIpc) is 2.99. The van der Waals surface area contributed by atoms with Gasteiger partial charge in [-0.15, -0.1) is 24.0 Å². The van der Waals surface area contributed by atoms with Gasteiger partial charge in [0.15, 0.2) is 5.96 Å². The van der Waals surface area contributed by atoms with Crippen LogP contribution in [-0.4, -0.2) is 59.7 Å². The molecule has 1 fully saturated rings. The summed E-state index contributed by atoms with van der Waals surface area (Å²) in [5.74, 6) is 1.02. The Labute approximate surface area is 161 Å². The van der Waals surface area contributed by atoms with Gasteiger partial charge in [0.05, 0.1) is 11.9 Å². The Hall–Kier alpha value is -1.03. The number of aliphatic hydroxyl groups is 1. The minimum atomic E-state index is 0. The Morgan fingerprint density at radius 3 is 2.96 bits per heavy atom. The predicted octanol–water partition coefficient (Wildman–Crippen LogP) is 1.19. The van der Waals surface area contributed by atoms with Gasteiger partial charge in [-0.2, -0.15) is 5.10 Å². The summed E-state index contributed by atoms with van der Waals surface area (Å²) in [5, 5.41) is 20.2. The molecular weight excluding hydrogens is 419 g/mol. The normalized spacial score (nSPS) is 19.6. The second kappa shape index (κ2) is 10.8. The predicted molar refractivity (Wildman–Crippen MR) is 109 cm³/mol. The van der Waals surface area contributed by atoms with Crippen LogP contribution < -0.4 is 15.5 Å². The molecule has 0 radical (unpaired) electrons. The Balaban J connectivity index is 0.00000288. The van der Waals surface area contributed by atoms with Crippen LogP contribution in [0, 0.1) is 5.92 Å². The highest BCUT2D eigenvalue weighted by atomic mass is 127. The number of anilines is 1. The first-order chi connectivity index (χ1) is 11.1. The molecule has 8 heteroatoms. The fourth-order valence-electron chi connectivity index (χ4n) is 2.72. The summed E-state index contributed by atoms with van der Waals surface area (Å²) in [5.41, 5.74) is 1.18. The van der Waals surface area contributed by atoms with Gasteiger partial charge in [0, 0.05) is 52.1 Å². The first-order valence-corrected chi connectivity index (χ1v) is 8.51. The number of rotatable bonds is 6. The second-order valence-corrected chi connectivity index (χ2v) is 6.31. The van der Waals surface area contributed by atoms with E-state index < -0.39 is 0 Å². The summed E-state index contributed by atoms with van der Waals surface area (Å²) < 4.78 is 1.84. The van der Waals surface area contributed by atoms with Gasteiger partial charge in [-0.05, 0) is 25.7 Å². The lowest BCUT2D eigenvalue weighted by molar-refractivity contribution is 0.241. The van der Waals surface area contributed by atoms with Crippen molar-refractivity contribution in [2.45, 2.75) is 32.7 Å². The fraction of sp³-hybridized carbons (Fsp3) is 0.750. The Kier molecular flexibility index (Phi) is 9.42. The van der Waals surface area contributed by atoms with Crippen molar-refractivity contribution in [3.05, 3.63) is 12.4 Å². The van der Waals surface area contributed by atoms with Crippen LogP contribution in [0.2, 0.25) is 0 Å². The van der Waals surface area contributed by atoms with Crippen LogP contribution in [0.25, 0.3) is 0 Å². The van der Waals surface area contributed by atoms with Gasteiger partial charge in [-0.25, -0.2) is 0 Å². The number of piperidine rings is 1. The lowest BCUT2D eigenvalue weighted by Gasteiger charge is -2.34. The molecule has 7 nitrogen and oxygen atoms in total. The van der Waals surface area contributed by atoms with Crippen LogP contribution in [0.3, 0.4) is 0 Å². The molecule has 3 N–H and O–H groups in total. The van der Waals surface area contributed by atoms with E-state index in [1.165, 1.54) is 5.69 Å². The minimum Gasteiger partial charge on any atom is -0.396 e. The zero-order valence-corrected chi connectivity index (χ0v) is 17.2. The van der Waals surface area contributed by atoms with E-state index in [-0.39, 0.29) is 36.5 Å². The number of hydrogen-bond acceptors (Lipinski definition) is 4. The second-order valence-electron chi connectivity index (χ2n) is 6.31. The molecule has 0 aromatic carbocycles. The minimum absolute atomic E-state index is 0. The third kappa shape index (κ3) is 6.46. The van der Waals surface area contributed by atoms with Gasteiger partial charge in [-0.3, -0.25) is 9.67 Å². The molecular formula is C16H31IN6O. The molecule has 1 aromatic rings. The lowest BCUT2D eigenvalue weighted by Crippen LogP contribution is -2.51. The molecule has 1 saturated heterocycles. The van der Waals surface area contributed by atoms with Crippen molar-refractivity contribution in [2.75, 3.05) is 37.7 Å². The number of guanidine groups is 1. The Morgan fingerprint density at radius 2 is 2.33 bits per heavy atom. The van der Waals surface area contributed by atoms with Crippen molar-refractivity contribution in [1.29, 1.82) is 0 Å². The van der Waals surface area contributed by atoms with Crippen LogP contribution in [0.15, 0.2) is 17.4 Å². The first kappa shape index (κ1) is 21.0. The van der Waals surface area contributed by atoms with Crippen LogP contribution in [0.4, 0.5) is 5.69 Å². The van der Waals surface area contributed by atoms with Crippen LogP contribution in [0.5, 0.6) is 0 Å². The maximum atomic E-state index is 9.14. The molecule has 2 heterocycles. The smallest absolute Gasteiger partial charge is 0.191 e. The molecule has 0 bridgehead atoms. The van der Waals surface area contributed by atoms with Crippen molar-refractivity contribution < 1.29 is 5.11 Å². The van der Waals surface area contributed by atoms with Crippen molar-refractivity contribution in [3.63, 3.8) is 0 Å². The molecule has 1 aliphatic rings. The summed E-state index contributed by atoms with van der Waals surface area (Å²) in [6.07, 6.45) is 6.27. The Bertz CT molecular complexity index is 507. The molecule has 0 amide bonds. The molecule has 0 spiro atoms. The van der Waals surface area contributed by atoms with E-state index in [1.54, 1.807) is 0 Å². The number of aliphatic imine (C=N–C) groups is 1. The van der Waals surface area contributed by atoms with Gasteiger partial charge >= 0.3 is 0 Å². The van der Waals surface area contributed by atoms with Gasteiger partial charge in [-0.1, -0.05) is 6.92 Å². The number of halogens is 1. The van der Waals surface area contributed by atoms with Gasteiger partial charge in [0.2, 0.25) is 0 Å². The highest BCUT2D eigenvalue weighted by molar-refractivity contribution is 14.0. The summed E-state index contributed by atoms with van der Waals surface area (Å²) >= 11 is 0. The maximum absolute atomic E-state index is 9.14. The molecule has 0 saturated carbocycles. The monoisotopic (exact) mass is 450 g/mol. The highest BCUT2D eigenvalue weighted by Crippen LogP contribution is 2.18. The molecule has 1 aromatic heterocycles. The molecule has 1 aliphatic heterocycles. The molecule has 138 valence electrons. The van der Waals surface area contributed by atoms with Crippen molar-refractivity contribution in [2.24, 2.45) is 18.0 Å². The van der Waals surface area contributed by atoms with E-state index in [0.717, 1.165) is 38.4 Å². The number of nitrogens with zero attached hydrogens (tertiary/aromatic N) is 4. The van der Waals surface area contributed by atoms with Crippen molar-refractivity contribution in [3.8, 4) is 0 Å². The van der Waals surface area contributed by atoms with E-state index in [9.17, 15) is 0 Å².